The van der Waals surface area contributed by atoms with E-state index in [1.807, 2.05) is 38.1 Å². The topological polar surface area (TPSA) is 51.1 Å². The quantitative estimate of drug-likeness (QED) is 0.611. The fourth-order valence-corrected chi connectivity index (χ4v) is 4.55. The molecule has 1 fully saturated rings. The van der Waals surface area contributed by atoms with Crippen LogP contribution in [0.25, 0.3) is 6.08 Å². The van der Waals surface area contributed by atoms with Crippen molar-refractivity contribution in [2.24, 2.45) is 11.0 Å². The van der Waals surface area contributed by atoms with E-state index in [-0.39, 0.29) is 17.9 Å². The molecule has 162 valence electrons. The van der Waals surface area contributed by atoms with Crippen LogP contribution in [0, 0.1) is 5.92 Å². The molecule has 1 saturated carbocycles. The number of amides is 1. The van der Waals surface area contributed by atoms with Crippen molar-refractivity contribution >= 4 is 17.7 Å². The molecule has 0 N–H and O–H groups in total. The summed E-state index contributed by atoms with van der Waals surface area (Å²) in [7, 11) is 0. The summed E-state index contributed by atoms with van der Waals surface area (Å²) in [5.41, 5.74) is 4.50. The van der Waals surface area contributed by atoms with Crippen LogP contribution in [0.15, 0.2) is 59.2 Å². The van der Waals surface area contributed by atoms with Gasteiger partial charge in [-0.05, 0) is 80.2 Å². The van der Waals surface area contributed by atoms with Crippen molar-refractivity contribution in [1.82, 2.24) is 5.01 Å². The molecule has 0 unspecified atom stereocenters. The molecule has 1 aliphatic heterocycles. The second kappa shape index (κ2) is 9.38. The predicted molar refractivity (Wildman–Crippen MR) is 123 cm³/mol. The van der Waals surface area contributed by atoms with Crippen LogP contribution >= 0.6 is 0 Å². The molecule has 0 aromatic heterocycles. The molecule has 2 aliphatic rings. The Hall–Kier alpha value is -3.08. The van der Waals surface area contributed by atoms with Gasteiger partial charge in [0.2, 0.25) is 5.91 Å². The summed E-state index contributed by atoms with van der Waals surface area (Å²) in [5.74, 6) is 1.91. The second-order valence-corrected chi connectivity index (χ2v) is 7.97. The van der Waals surface area contributed by atoms with Crippen molar-refractivity contribution in [1.29, 1.82) is 0 Å². The summed E-state index contributed by atoms with van der Waals surface area (Å²) >= 11 is 0. The number of benzene rings is 2. The number of hydrogen-bond acceptors (Lipinski definition) is 4. The Morgan fingerprint density at radius 3 is 2.23 bits per heavy atom. The summed E-state index contributed by atoms with van der Waals surface area (Å²) in [6, 6.07) is 16.2. The molecule has 0 saturated heterocycles. The van der Waals surface area contributed by atoms with Gasteiger partial charge in [-0.3, -0.25) is 4.79 Å². The van der Waals surface area contributed by atoms with Gasteiger partial charge in [-0.25, -0.2) is 5.01 Å². The second-order valence-electron chi connectivity index (χ2n) is 7.97. The zero-order chi connectivity index (χ0) is 21.8. The van der Waals surface area contributed by atoms with E-state index in [9.17, 15) is 4.79 Å². The van der Waals surface area contributed by atoms with Gasteiger partial charge in [0.05, 0.1) is 25.0 Å². The Bertz CT molecular complexity index is 977. The first kappa shape index (κ1) is 21.2. The Balaban J connectivity index is 1.63. The van der Waals surface area contributed by atoms with Crippen molar-refractivity contribution in [3.05, 3.63) is 65.2 Å². The predicted octanol–water partition coefficient (Wildman–Crippen LogP) is 5.63. The van der Waals surface area contributed by atoms with E-state index in [1.54, 1.807) is 11.9 Å². The van der Waals surface area contributed by atoms with E-state index in [1.165, 1.54) is 5.57 Å². The molecular weight excluding hydrogens is 388 g/mol. The summed E-state index contributed by atoms with van der Waals surface area (Å²) < 4.78 is 11.1. The smallest absolute Gasteiger partial charge is 0.240 e. The summed E-state index contributed by atoms with van der Waals surface area (Å²) in [6.07, 6.45) is 5.30. The highest BCUT2D eigenvalue weighted by atomic mass is 16.5. The zero-order valence-corrected chi connectivity index (χ0v) is 18.5. The highest BCUT2D eigenvalue weighted by Crippen LogP contribution is 2.44. The SMILES string of the molecule is CCOc1ccc(/C=C2/CCC[C@@H]3C2=NN(C(C)=O)[C@H]3c2ccc(OCC)cc2)cc1. The first-order valence-corrected chi connectivity index (χ1v) is 11.2. The molecule has 0 radical (unpaired) electrons. The standard InChI is InChI=1S/C26H30N2O3/c1-4-30-22-13-9-19(10-14-22)17-21-7-6-8-24-25(21)27-28(18(3)29)26(24)20-11-15-23(16-12-20)31-5-2/h9-17,24,26H,4-8H2,1-3H3/b21-17-/t24-,26+/m1/s1. The van der Waals surface area contributed by atoms with Crippen LogP contribution in [-0.4, -0.2) is 29.8 Å². The zero-order valence-electron chi connectivity index (χ0n) is 18.5. The largest absolute Gasteiger partial charge is 0.494 e. The maximum Gasteiger partial charge on any atom is 0.240 e. The lowest BCUT2D eigenvalue weighted by atomic mass is 9.77. The number of allylic oxidation sites excluding steroid dienone is 1. The van der Waals surface area contributed by atoms with Crippen LogP contribution in [0.5, 0.6) is 11.5 Å². The van der Waals surface area contributed by atoms with Crippen LogP contribution in [0.4, 0.5) is 0 Å². The Morgan fingerprint density at radius 1 is 1.03 bits per heavy atom. The van der Waals surface area contributed by atoms with Gasteiger partial charge >= 0.3 is 0 Å². The number of fused-ring (bicyclic) bond motifs is 1. The Kier molecular flexibility index (Phi) is 6.40. The number of ether oxygens (including phenoxy) is 2. The third kappa shape index (κ3) is 4.50. The third-order valence-electron chi connectivity index (χ3n) is 5.89. The Morgan fingerprint density at radius 2 is 1.65 bits per heavy atom. The minimum atomic E-state index is -0.0628. The number of carbonyl (C=O) groups excluding carboxylic acids is 1. The van der Waals surface area contributed by atoms with Crippen molar-refractivity contribution in [3.63, 3.8) is 0 Å². The molecule has 1 amide bonds. The van der Waals surface area contributed by atoms with Gasteiger partial charge in [0.1, 0.15) is 11.5 Å². The van der Waals surface area contributed by atoms with Crippen molar-refractivity contribution < 1.29 is 14.3 Å². The van der Waals surface area contributed by atoms with Crippen molar-refractivity contribution in [3.8, 4) is 11.5 Å². The number of carbonyl (C=O) groups is 1. The molecule has 1 heterocycles. The summed E-state index contributed by atoms with van der Waals surface area (Å²) in [4.78, 5) is 12.5. The lowest BCUT2D eigenvalue weighted by molar-refractivity contribution is -0.131. The maximum atomic E-state index is 12.5. The third-order valence-corrected chi connectivity index (χ3v) is 5.89. The van der Waals surface area contributed by atoms with Crippen LogP contribution in [0.2, 0.25) is 0 Å². The molecule has 5 heteroatoms. The molecule has 4 rings (SSSR count). The van der Waals surface area contributed by atoms with E-state index in [0.29, 0.717) is 13.2 Å². The minimum Gasteiger partial charge on any atom is -0.494 e. The van der Waals surface area contributed by atoms with E-state index in [0.717, 1.165) is 47.6 Å². The van der Waals surface area contributed by atoms with Gasteiger partial charge < -0.3 is 9.47 Å². The van der Waals surface area contributed by atoms with Gasteiger partial charge in [-0.15, -0.1) is 0 Å². The van der Waals surface area contributed by atoms with E-state index in [4.69, 9.17) is 14.6 Å². The van der Waals surface area contributed by atoms with Crippen LogP contribution in [0.1, 0.15) is 57.2 Å². The van der Waals surface area contributed by atoms with Gasteiger partial charge in [0.25, 0.3) is 0 Å². The number of hydrazone groups is 1. The van der Waals surface area contributed by atoms with Crippen LogP contribution in [-0.2, 0) is 4.79 Å². The van der Waals surface area contributed by atoms with Crippen LogP contribution in [0.3, 0.4) is 0 Å². The number of nitrogens with zero attached hydrogens (tertiary/aromatic N) is 2. The van der Waals surface area contributed by atoms with Gasteiger partial charge in [0.15, 0.2) is 0 Å². The normalized spacial score (nSPS) is 21.6. The lowest BCUT2D eigenvalue weighted by Crippen LogP contribution is -2.30. The minimum absolute atomic E-state index is 0.0267. The molecular formula is C26H30N2O3. The fourth-order valence-electron chi connectivity index (χ4n) is 4.55. The molecule has 2 aromatic carbocycles. The first-order valence-electron chi connectivity index (χ1n) is 11.2. The highest BCUT2D eigenvalue weighted by molar-refractivity contribution is 6.08. The molecule has 31 heavy (non-hydrogen) atoms. The average molecular weight is 419 g/mol. The molecule has 0 bridgehead atoms. The number of rotatable bonds is 6. The summed E-state index contributed by atoms with van der Waals surface area (Å²) in [5, 5.41) is 6.50. The Labute approximate surface area is 184 Å². The van der Waals surface area contributed by atoms with E-state index >= 15 is 0 Å². The maximum absolute atomic E-state index is 12.5. The molecule has 2 atom stereocenters. The van der Waals surface area contributed by atoms with Gasteiger partial charge in [0, 0.05) is 12.8 Å². The van der Waals surface area contributed by atoms with Crippen molar-refractivity contribution in [2.45, 2.75) is 46.1 Å². The monoisotopic (exact) mass is 418 g/mol. The molecule has 2 aromatic rings. The first-order chi connectivity index (χ1) is 15.1. The number of hydrogen-bond donors (Lipinski definition) is 0. The van der Waals surface area contributed by atoms with Crippen LogP contribution < -0.4 is 9.47 Å². The molecule has 0 spiro atoms. The molecule has 1 aliphatic carbocycles. The summed E-state index contributed by atoms with van der Waals surface area (Å²) in [6.45, 7) is 6.85. The highest BCUT2D eigenvalue weighted by Gasteiger charge is 2.42. The van der Waals surface area contributed by atoms with E-state index < -0.39 is 0 Å². The molecule has 5 nitrogen and oxygen atoms in total. The van der Waals surface area contributed by atoms with Gasteiger partial charge in [-0.2, -0.15) is 5.10 Å². The van der Waals surface area contributed by atoms with E-state index in [2.05, 4.69) is 30.3 Å². The average Bonchev–Trinajstić information content (AvgIpc) is 3.17. The lowest BCUT2D eigenvalue weighted by Gasteiger charge is -2.29. The van der Waals surface area contributed by atoms with Gasteiger partial charge in [-0.1, -0.05) is 24.3 Å². The fraction of sp³-hybridized carbons (Fsp3) is 0.385. The van der Waals surface area contributed by atoms with Crippen molar-refractivity contribution in [2.75, 3.05) is 13.2 Å².